The lowest BCUT2D eigenvalue weighted by molar-refractivity contribution is 0.504. The molecule has 0 aromatic rings. The van der Waals surface area contributed by atoms with E-state index in [1.165, 1.54) is 0 Å². The summed E-state index contributed by atoms with van der Waals surface area (Å²) in [6, 6.07) is 0. The molecule has 0 atom stereocenters. The number of allylic oxidation sites excluding steroid dienone is 1. The summed E-state index contributed by atoms with van der Waals surface area (Å²) in [5, 5.41) is 0. The Kier molecular flexibility index (Phi) is 5.09. The lowest BCUT2D eigenvalue weighted by Crippen LogP contribution is -2.40. The fraction of sp³-hybridized carbons (Fsp3) is 0.333. The molecule has 0 aliphatic carbocycles. The monoisotopic (exact) mass is 177 g/mol. The Labute approximate surface area is 81.3 Å². The number of hydrogen-bond acceptors (Lipinski definition) is 1. The molecule has 72 valence electrons. The minimum absolute atomic E-state index is 0.391. The molecule has 0 amide bonds. The lowest BCUT2D eigenvalue weighted by Gasteiger charge is -2.29. The smallest absolute Gasteiger partial charge is 0.0438 e. The minimum Gasteiger partial charge on any atom is -0.321 e. The summed E-state index contributed by atoms with van der Waals surface area (Å²) in [5.41, 5.74) is 6.76. The van der Waals surface area contributed by atoms with Crippen molar-refractivity contribution in [2.75, 3.05) is 0 Å². The van der Waals surface area contributed by atoms with Gasteiger partial charge in [-0.2, -0.15) is 0 Å². The highest BCUT2D eigenvalue weighted by molar-refractivity contribution is 5.21. The predicted octanol–water partition coefficient (Wildman–Crippen LogP) is 2.97. The van der Waals surface area contributed by atoms with Gasteiger partial charge in [0.15, 0.2) is 0 Å². The van der Waals surface area contributed by atoms with Crippen LogP contribution in [0.3, 0.4) is 0 Å². The summed E-state index contributed by atoms with van der Waals surface area (Å²) in [7, 11) is 0. The van der Waals surface area contributed by atoms with Crippen LogP contribution in [0.1, 0.15) is 19.3 Å². The van der Waals surface area contributed by atoms with E-state index in [4.69, 9.17) is 5.73 Å². The van der Waals surface area contributed by atoms with Gasteiger partial charge in [0, 0.05) is 5.54 Å². The first-order valence-corrected chi connectivity index (χ1v) is 4.40. The molecule has 0 saturated carbocycles. The van der Waals surface area contributed by atoms with Crippen LogP contribution in [0.5, 0.6) is 0 Å². The maximum absolute atomic E-state index is 6.16. The van der Waals surface area contributed by atoms with Crippen LogP contribution in [0, 0.1) is 0 Å². The zero-order valence-corrected chi connectivity index (χ0v) is 8.26. The summed E-state index contributed by atoms with van der Waals surface area (Å²) < 4.78 is 0. The van der Waals surface area contributed by atoms with Crippen LogP contribution < -0.4 is 5.73 Å². The second kappa shape index (κ2) is 5.55. The second-order valence-electron chi connectivity index (χ2n) is 3.24. The quantitative estimate of drug-likeness (QED) is 0.594. The molecule has 0 unspecified atom stereocenters. The normalized spacial score (nSPS) is 10.5. The zero-order chi connectivity index (χ0) is 10.3. The maximum Gasteiger partial charge on any atom is 0.0438 e. The van der Waals surface area contributed by atoms with Gasteiger partial charge in [-0.15, -0.1) is 19.7 Å². The third-order valence-electron chi connectivity index (χ3n) is 2.11. The van der Waals surface area contributed by atoms with Crippen molar-refractivity contribution in [2.24, 2.45) is 5.73 Å². The molecule has 0 saturated heterocycles. The first-order chi connectivity index (χ1) is 6.10. The van der Waals surface area contributed by atoms with E-state index < -0.39 is 5.54 Å². The molecule has 0 heterocycles. The molecule has 0 bridgehead atoms. The van der Waals surface area contributed by atoms with E-state index >= 15 is 0 Å². The summed E-state index contributed by atoms with van der Waals surface area (Å²) in [6.07, 6.45) is 7.65. The van der Waals surface area contributed by atoms with E-state index in [0.717, 1.165) is 24.8 Å². The van der Waals surface area contributed by atoms with E-state index in [-0.39, 0.29) is 0 Å². The zero-order valence-electron chi connectivity index (χ0n) is 8.26. The first-order valence-electron chi connectivity index (χ1n) is 4.40. The van der Waals surface area contributed by atoms with Crippen molar-refractivity contribution in [3.63, 3.8) is 0 Å². The highest BCUT2D eigenvalue weighted by atomic mass is 14.7. The Morgan fingerprint density at radius 2 is 1.54 bits per heavy atom. The summed E-state index contributed by atoms with van der Waals surface area (Å²) >= 11 is 0. The molecule has 0 rings (SSSR count). The van der Waals surface area contributed by atoms with Crippen LogP contribution in [0.4, 0.5) is 0 Å². The highest BCUT2D eigenvalue weighted by Gasteiger charge is 2.24. The Morgan fingerprint density at radius 3 is 1.85 bits per heavy atom. The van der Waals surface area contributed by atoms with Crippen molar-refractivity contribution in [1.29, 1.82) is 0 Å². The van der Waals surface area contributed by atoms with Crippen molar-refractivity contribution in [3.8, 4) is 0 Å². The van der Waals surface area contributed by atoms with Crippen molar-refractivity contribution in [1.82, 2.24) is 0 Å². The summed E-state index contributed by atoms with van der Waals surface area (Å²) in [6.45, 7) is 15.0. The molecule has 0 spiro atoms. The number of rotatable bonds is 7. The average molecular weight is 177 g/mol. The summed E-state index contributed by atoms with van der Waals surface area (Å²) in [5.74, 6) is 0. The second-order valence-corrected chi connectivity index (χ2v) is 3.24. The van der Waals surface area contributed by atoms with Crippen LogP contribution in [-0.4, -0.2) is 5.54 Å². The molecule has 0 radical (unpaired) electrons. The van der Waals surface area contributed by atoms with Crippen LogP contribution in [0.15, 0.2) is 50.1 Å². The molecular formula is C12H19N. The largest absolute Gasteiger partial charge is 0.321 e. The van der Waals surface area contributed by atoms with Crippen LogP contribution in [0.25, 0.3) is 0 Å². The molecular weight excluding hydrogens is 158 g/mol. The van der Waals surface area contributed by atoms with Gasteiger partial charge in [-0.05, 0) is 19.3 Å². The third-order valence-corrected chi connectivity index (χ3v) is 2.11. The molecule has 0 aliphatic rings. The Balaban J connectivity index is 4.53. The maximum atomic E-state index is 6.16. The van der Waals surface area contributed by atoms with Crippen molar-refractivity contribution in [3.05, 3.63) is 50.1 Å². The minimum atomic E-state index is -0.391. The van der Waals surface area contributed by atoms with Gasteiger partial charge in [-0.1, -0.05) is 30.4 Å². The van der Waals surface area contributed by atoms with E-state index in [2.05, 4.69) is 26.3 Å². The van der Waals surface area contributed by atoms with Gasteiger partial charge in [-0.25, -0.2) is 0 Å². The molecule has 13 heavy (non-hydrogen) atoms. The van der Waals surface area contributed by atoms with Gasteiger partial charge < -0.3 is 5.73 Å². The van der Waals surface area contributed by atoms with Gasteiger partial charge in [0.1, 0.15) is 0 Å². The standard InChI is InChI=1S/C12H19N/c1-5-8-11(4)12(13,9-6-2)10-7-3/h5-7H,1-4,8-10,13H2. The van der Waals surface area contributed by atoms with E-state index in [9.17, 15) is 0 Å². The third kappa shape index (κ3) is 3.43. The molecule has 2 N–H and O–H groups in total. The van der Waals surface area contributed by atoms with Crippen LogP contribution in [0.2, 0.25) is 0 Å². The van der Waals surface area contributed by atoms with E-state index in [1.54, 1.807) is 0 Å². The van der Waals surface area contributed by atoms with Crippen molar-refractivity contribution < 1.29 is 0 Å². The number of hydrogen-bond donors (Lipinski definition) is 1. The van der Waals surface area contributed by atoms with Crippen molar-refractivity contribution >= 4 is 0 Å². The molecule has 0 fully saturated rings. The molecule has 0 aromatic heterocycles. The Morgan fingerprint density at radius 1 is 1.08 bits per heavy atom. The van der Waals surface area contributed by atoms with Gasteiger partial charge in [0.2, 0.25) is 0 Å². The average Bonchev–Trinajstić information content (AvgIpc) is 2.05. The molecule has 1 heteroatoms. The number of nitrogens with two attached hydrogens (primary N) is 1. The fourth-order valence-corrected chi connectivity index (χ4v) is 1.26. The van der Waals surface area contributed by atoms with Crippen LogP contribution in [-0.2, 0) is 0 Å². The van der Waals surface area contributed by atoms with Gasteiger partial charge in [-0.3, -0.25) is 0 Å². The van der Waals surface area contributed by atoms with E-state index in [1.807, 2.05) is 18.2 Å². The van der Waals surface area contributed by atoms with Gasteiger partial charge in [0.05, 0.1) is 0 Å². The molecule has 1 nitrogen and oxygen atoms in total. The van der Waals surface area contributed by atoms with Gasteiger partial charge in [0.25, 0.3) is 0 Å². The summed E-state index contributed by atoms with van der Waals surface area (Å²) in [4.78, 5) is 0. The first kappa shape index (κ1) is 11.9. The molecule has 0 aromatic carbocycles. The predicted molar refractivity (Wildman–Crippen MR) is 60.5 cm³/mol. The van der Waals surface area contributed by atoms with E-state index in [0.29, 0.717) is 0 Å². The SMILES string of the molecule is C=CCC(=C)C(N)(CC=C)CC=C. The highest BCUT2D eigenvalue weighted by Crippen LogP contribution is 2.24. The van der Waals surface area contributed by atoms with Crippen molar-refractivity contribution in [2.45, 2.75) is 24.8 Å². The Bertz CT molecular complexity index is 203. The molecule has 0 aliphatic heterocycles. The topological polar surface area (TPSA) is 26.0 Å². The van der Waals surface area contributed by atoms with Gasteiger partial charge >= 0.3 is 0 Å². The Hall–Kier alpha value is -1.08. The fourth-order valence-electron chi connectivity index (χ4n) is 1.26. The van der Waals surface area contributed by atoms with Crippen LogP contribution >= 0.6 is 0 Å². The lowest BCUT2D eigenvalue weighted by atomic mass is 9.83.